The summed E-state index contributed by atoms with van der Waals surface area (Å²) >= 11 is 1.52. The van der Waals surface area contributed by atoms with Crippen molar-refractivity contribution in [3.05, 3.63) is 64.0 Å². The minimum atomic E-state index is -4.05. The van der Waals surface area contributed by atoms with Crippen molar-refractivity contribution in [2.45, 2.75) is 11.9 Å². The highest BCUT2D eigenvalue weighted by molar-refractivity contribution is 7.92. The van der Waals surface area contributed by atoms with Crippen LogP contribution in [0.3, 0.4) is 0 Å². The maximum absolute atomic E-state index is 12.6. The molecular formula is C18H15N3O4S2. The van der Waals surface area contributed by atoms with E-state index in [-0.39, 0.29) is 17.2 Å². The summed E-state index contributed by atoms with van der Waals surface area (Å²) in [6.45, 7) is 1.76. The van der Waals surface area contributed by atoms with Crippen molar-refractivity contribution in [2.75, 3.05) is 11.3 Å². The summed E-state index contributed by atoms with van der Waals surface area (Å²) in [5, 5.41) is 7.56. The molecule has 7 nitrogen and oxygen atoms in total. The lowest BCUT2D eigenvalue weighted by Crippen LogP contribution is -2.17. The van der Waals surface area contributed by atoms with Gasteiger partial charge in [0, 0.05) is 5.56 Å². The average Bonchev–Trinajstić information content (AvgIpc) is 3.32. The molecule has 0 aliphatic carbocycles. The number of hydrogen-bond donors (Lipinski definition) is 2. The quantitative estimate of drug-likeness (QED) is 0.506. The number of H-pyrrole nitrogens is 1. The maximum Gasteiger partial charge on any atom is 0.342 e. The van der Waals surface area contributed by atoms with Gasteiger partial charge in [-0.2, -0.15) is 13.5 Å². The lowest BCUT2D eigenvalue weighted by molar-refractivity contribution is 0.0522. The van der Waals surface area contributed by atoms with Crippen molar-refractivity contribution in [1.29, 1.82) is 0 Å². The van der Waals surface area contributed by atoms with Gasteiger partial charge in [-0.25, -0.2) is 4.79 Å². The number of sulfonamides is 1. The van der Waals surface area contributed by atoms with Crippen molar-refractivity contribution in [2.24, 2.45) is 0 Å². The molecule has 0 aliphatic rings. The molecule has 0 saturated carbocycles. The minimum absolute atomic E-state index is 0.127. The van der Waals surface area contributed by atoms with Gasteiger partial charge in [0.2, 0.25) is 0 Å². The number of hydrogen-bond acceptors (Lipinski definition) is 6. The van der Waals surface area contributed by atoms with Crippen molar-refractivity contribution < 1.29 is 17.9 Å². The van der Waals surface area contributed by atoms with E-state index in [1.54, 1.807) is 31.2 Å². The summed E-state index contributed by atoms with van der Waals surface area (Å²) < 4.78 is 32.5. The van der Waals surface area contributed by atoms with E-state index in [0.29, 0.717) is 11.3 Å². The Morgan fingerprint density at radius 1 is 1.30 bits per heavy atom. The third kappa shape index (κ3) is 4.55. The molecule has 1 aromatic carbocycles. The molecule has 0 spiro atoms. The smallest absolute Gasteiger partial charge is 0.342 e. The number of carbonyl (C=O) groups excluding carboxylic acids is 1. The molecule has 0 amide bonds. The molecule has 27 heavy (non-hydrogen) atoms. The number of aromatic amines is 1. The first-order valence-electron chi connectivity index (χ1n) is 7.88. The summed E-state index contributed by atoms with van der Waals surface area (Å²) in [5.74, 6) is 5.23. The van der Waals surface area contributed by atoms with Crippen LogP contribution in [-0.4, -0.2) is 31.2 Å². The number of rotatable bonds is 5. The van der Waals surface area contributed by atoms with E-state index >= 15 is 0 Å². The van der Waals surface area contributed by atoms with Crippen LogP contribution >= 0.6 is 11.3 Å². The summed E-state index contributed by atoms with van der Waals surface area (Å²) in [6.07, 6.45) is 1.12. The van der Waals surface area contributed by atoms with Gasteiger partial charge in [-0.15, -0.1) is 11.3 Å². The molecular weight excluding hydrogens is 386 g/mol. The molecule has 0 aliphatic heterocycles. The van der Waals surface area contributed by atoms with E-state index in [0.717, 1.165) is 11.1 Å². The van der Waals surface area contributed by atoms with Crippen molar-refractivity contribution >= 4 is 33.0 Å². The van der Waals surface area contributed by atoms with Gasteiger partial charge in [0.1, 0.15) is 5.56 Å². The molecule has 0 radical (unpaired) electrons. The molecule has 0 unspecified atom stereocenters. The van der Waals surface area contributed by atoms with E-state index in [2.05, 4.69) is 26.8 Å². The molecule has 2 N–H and O–H groups in total. The lowest BCUT2D eigenvalue weighted by atomic mass is 10.2. The van der Waals surface area contributed by atoms with Crippen molar-refractivity contribution in [1.82, 2.24) is 10.2 Å². The van der Waals surface area contributed by atoms with Gasteiger partial charge in [0.25, 0.3) is 10.0 Å². The predicted molar refractivity (Wildman–Crippen MR) is 102 cm³/mol. The summed E-state index contributed by atoms with van der Waals surface area (Å²) in [5.41, 5.74) is 0.814. The lowest BCUT2D eigenvalue weighted by Gasteiger charge is -2.08. The number of benzene rings is 1. The zero-order valence-electron chi connectivity index (χ0n) is 14.2. The Kier molecular flexibility index (Phi) is 5.59. The van der Waals surface area contributed by atoms with E-state index in [1.807, 2.05) is 17.5 Å². The number of thiophene rings is 1. The molecule has 0 fully saturated rings. The van der Waals surface area contributed by atoms with E-state index in [9.17, 15) is 13.2 Å². The van der Waals surface area contributed by atoms with Crippen LogP contribution in [-0.2, 0) is 14.8 Å². The number of anilines is 1. The topological polar surface area (TPSA) is 101 Å². The molecule has 138 valence electrons. The molecule has 3 aromatic rings. The number of nitrogens with zero attached hydrogens (tertiary/aromatic N) is 1. The van der Waals surface area contributed by atoms with Gasteiger partial charge < -0.3 is 4.74 Å². The Bertz CT molecular complexity index is 1110. The monoisotopic (exact) mass is 401 g/mol. The normalized spacial score (nSPS) is 10.7. The average molecular weight is 401 g/mol. The largest absolute Gasteiger partial charge is 0.462 e. The van der Waals surface area contributed by atoms with Crippen LogP contribution in [0, 0.1) is 11.8 Å². The van der Waals surface area contributed by atoms with Crippen LogP contribution in [0.1, 0.15) is 27.7 Å². The van der Waals surface area contributed by atoms with Gasteiger partial charge in [0.05, 0.1) is 23.4 Å². The van der Waals surface area contributed by atoms with Crippen LogP contribution in [0.5, 0.6) is 0 Å². The van der Waals surface area contributed by atoms with Crippen molar-refractivity contribution in [3.8, 4) is 11.8 Å². The summed E-state index contributed by atoms with van der Waals surface area (Å²) in [4.78, 5) is 12.8. The fraction of sp³-hybridized carbons (Fsp3) is 0.111. The molecule has 2 heterocycles. The second-order valence-corrected chi connectivity index (χ2v) is 7.81. The zero-order valence-corrected chi connectivity index (χ0v) is 15.9. The van der Waals surface area contributed by atoms with Gasteiger partial charge in [-0.1, -0.05) is 24.0 Å². The summed E-state index contributed by atoms with van der Waals surface area (Å²) in [7, 11) is -4.05. The highest BCUT2D eigenvalue weighted by Gasteiger charge is 2.26. The first-order chi connectivity index (χ1) is 13.0. The second-order valence-electron chi connectivity index (χ2n) is 5.25. The standard InChI is InChI=1S/C18H15N3O4S2/c1-2-25-18(22)16-12-19-20-17(16)27(23,24)21-14-6-3-5-13(11-14)8-9-15-7-4-10-26-15/h3-7,10-12,21H,2H2,1H3,(H,19,20). The number of nitrogens with one attached hydrogen (secondary N) is 2. The van der Waals surface area contributed by atoms with Gasteiger partial charge >= 0.3 is 5.97 Å². The Labute approximate surface area is 160 Å². The molecule has 3 rings (SSSR count). The Hall–Kier alpha value is -3.09. The Morgan fingerprint density at radius 2 is 2.15 bits per heavy atom. The third-order valence-corrected chi connectivity index (χ3v) is 5.47. The van der Waals surface area contributed by atoms with Gasteiger partial charge in [0.15, 0.2) is 5.03 Å². The van der Waals surface area contributed by atoms with Crippen LogP contribution in [0.15, 0.2) is 53.0 Å². The predicted octanol–water partition coefficient (Wildman–Crippen LogP) is 2.85. The number of ether oxygens (including phenoxy) is 1. The van der Waals surface area contributed by atoms with Crippen LogP contribution < -0.4 is 4.72 Å². The highest BCUT2D eigenvalue weighted by atomic mass is 32.2. The molecule has 0 saturated heterocycles. The van der Waals surface area contributed by atoms with Crippen molar-refractivity contribution in [3.63, 3.8) is 0 Å². The van der Waals surface area contributed by atoms with E-state index < -0.39 is 16.0 Å². The van der Waals surface area contributed by atoms with Crippen LogP contribution in [0.4, 0.5) is 5.69 Å². The van der Waals surface area contributed by atoms with Gasteiger partial charge in [-0.3, -0.25) is 9.82 Å². The number of aromatic nitrogens is 2. The fourth-order valence-corrected chi connectivity index (χ4v) is 3.89. The SMILES string of the molecule is CCOC(=O)c1cn[nH]c1S(=O)(=O)Nc1cccc(C#Cc2cccs2)c1. The third-order valence-electron chi connectivity index (χ3n) is 3.33. The van der Waals surface area contributed by atoms with E-state index in [1.165, 1.54) is 11.3 Å². The first-order valence-corrected chi connectivity index (χ1v) is 10.2. The molecule has 0 bridgehead atoms. The number of esters is 1. The Morgan fingerprint density at radius 3 is 2.89 bits per heavy atom. The fourth-order valence-electron chi connectivity index (χ4n) is 2.18. The van der Waals surface area contributed by atoms with Crippen LogP contribution in [0.2, 0.25) is 0 Å². The minimum Gasteiger partial charge on any atom is -0.462 e. The molecule has 0 atom stereocenters. The van der Waals surface area contributed by atoms with Crippen LogP contribution in [0.25, 0.3) is 0 Å². The maximum atomic E-state index is 12.6. The van der Waals surface area contributed by atoms with Gasteiger partial charge in [-0.05, 0) is 36.6 Å². The highest BCUT2D eigenvalue weighted by Crippen LogP contribution is 2.19. The Balaban J connectivity index is 1.84. The molecule has 2 aromatic heterocycles. The molecule has 9 heteroatoms. The summed E-state index contributed by atoms with van der Waals surface area (Å²) in [6, 6.07) is 10.5. The second kappa shape index (κ2) is 8.07. The zero-order chi connectivity index (χ0) is 19.3. The van der Waals surface area contributed by atoms with E-state index in [4.69, 9.17) is 4.74 Å². The first kappa shape index (κ1) is 18.7. The number of carbonyl (C=O) groups is 1.